The van der Waals surface area contributed by atoms with Crippen molar-refractivity contribution in [2.45, 2.75) is 6.42 Å². The first-order chi connectivity index (χ1) is 8.50. The van der Waals surface area contributed by atoms with Crippen molar-refractivity contribution in [2.24, 2.45) is 7.05 Å². The summed E-state index contributed by atoms with van der Waals surface area (Å²) in [5, 5.41) is 10.4. The van der Waals surface area contributed by atoms with Crippen LogP contribution >= 0.6 is 0 Å². The van der Waals surface area contributed by atoms with Gasteiger partial charge in [0.05, 0.1) is 17.5 Å². The van der Waals surface area contributed by atoms with E-state index in [4.69, 9.17) is 0 Å². The van der Waals surface area contributed by atoms with Gasteiger partial charge in [0.15, 0.2) is 5.78 Å². The molecule has 6 nitrogen and oxygen atoms in total. The van der Waals surface area contributed by atoms with Crippen molar-refractivity contribution in [3.8, 4) is 0 Å². The number of hydrogen-bond donors (Lipinski definition) is 0. The third-order valence-corrected chi connectivity index (χ3v) is 2.61. The van der Waals surface area contributed by atoms with Gasteiger partial charge < -0.3 is 14.5 Å². The highest BCUT2D eigenvalue weighted by atomic mass is 16.4. The number of hydrogen-bond acceptors (Lipinski definition) is 5. The number of carbonyl (C=O) groups excluding carboxylic acids is 2. The third kappa shape index (κ3) is 2.00. The summed E-state index contributed by atoms with van der Waals surface area (Å²) >= 11 is 0. The molecule has 0 amide bonds. The molecule has 1 heterocycles. The Morgan fingerprint density at radius 2 is 2.00 bits per heavy atom. The van der Waals surface area contributed by atoms with Gasteiger partial charge in [-0.2, -0.15) is 0 Å². The lowest BCUT2D eigenvalue weighted by Gasteiger charge is -2.07. The molecule has 0 aliphatic carbocycles. The molecule has 92 valence electrons. The summed E-state index contributed by atoms with van der Waals surface area (Å²) < 4.78 is 1.33. The van der Waals surface area contributed by atoms with Crippen LogP contribution in [0, 0.1) is 0 Å². The molecule has 0 atom stereocenters. The molecule has 2 aromatic rings. The topological polar surface area (TPSA) is 92.1 Å². The summed E-state index contributed by atoms with van der Waals surface area (Å²) in [6.45, 7) is 0. The molecule has 0 saturated carbocycles. The molecule has 0 aliphatic heterocycles. The highest BCUT2D eigenvalue weighted by molar-refractivity contribution is 6.32. The predicted molar refractivity (Wildman–Crippen MR) is 60.7 cm³/mol. The molecule has 6 heteroatoms. The fourth-order valence-corrected chi connectivity index (χ4v) is 1.68. The quantitative estimate of drug-likeness (QED) is 0.633. The van der Waals surface area contributed by atoms with Crippen LogP contribution in [-0.2, 0) is 23.1 Å². The van der Waals surface area contributed by atoms with E-state index in [1.807, 2.05) is 0 Å². The van der Waals surface area contributed by atoms with Gasteiger partial charge in [0.1, 0.15) is 11.7 Å². The average molecular weight is 245 g/mol. The summed E-state index contributed by atoms with van der Waals surface area (Å²) in [4.78, 5) is 37.3. The number of carbonyl (C=O) groups is 2. The van der Waals surface area contributed by atoms with Crippen molar-refractivity contribution >= 4 is 22.8 Å². The standard InChI is InChI=1S/C12H10N2O4/c1-14-9-5-3-2-4-7(9)13-8(11(14)16)6-10(15)12(17)18/h2-5H,6H2,1H3,(H,17,18)/p-1. The molecule has 0 bridgehead atoms. The number of rotatable bonds is 3. The van der Waals surface area contributed by atoms with Gasteiger partial charge in [-0.3, -0.25) is 9.59 Å². The minimum Gasteiger partial charge on any atom is -0.542 e. The van der Waals surface area contributed by atoms with Gasteiger partial charge in [-0.1, -0.05) is 12.1 Å². The number of aromatic nitrogens is 2. The number of aryl methyl sites for hydroxylation is 1. The zero-order valence-corrected chi connectivity index (χ0v) is 9.54. The molecule has 0 N–H and O–H groups in total. The van der Waals surface area contributed by atoms with Gasteiger partial charge in [0.25, 0.3) is 5.56 Å². The zero-order chi connectivity index (χ0) is 13.3. The van der Waals surface area contributed by atoms with E-state index in [9.17, 15) is 19.5 Å². The lowest BCUT2D eigenvalue weighted by molar-refractivity contribution is -0.299. The second kappa shape index (κ2) is 4.40. The van der Waals surface area contributed by atoms with Crippen molar-refractivity contribution in [1.82, 2.24) is 9.55 Å². The van der Waals surface area contributed by atoms with Crippen molar-refractivity contribution in [1.29, 1.82) is 0 Å². The van der Waals surface area contributed by atoms with Crippen LogP contribution in [0.25, 0.3) is 11.0 Å². The van der Waals surface area contributed by atoms with Crippen LogP contribution in [0.4, 0.5) is 0 Å². The number of carboxylic acid groups (broad SMARTS) is 1. The van der Waals surface area contributed by atoms with Gasteiger partial charge in [-0.05, 0) is 12.1 Å². The Bertz CT molecular complexity index is 703. The largest absolute Gasteiger partial charge is 0.542 e. The van der Waals surface area contributed by atoms with E-state index in [1.54, 1.807) is 31.3 Å². The molecule has 0 unspecified atom stereocenters. The Morgan fingerprint density at radius 1 is 1.33 bits per heavy atom. The third-order valence-electron chi connectivity index (χ3n) is 2.61. The smallest absolute Gasteiger partial charge is 0.272 e. The molecule has 0 radical (unpaired) electrons. The Morgan fingerprint density at radius 3 is 2.67 bits per heavy atom. The summed E-state index contributed by atoms with van der Waals surface area (Å²) in [6, 6.07) is 6.90. The van der Waals surface area contributed by atoms with Gasteiger partial charge >= 0.3 is 0 Å². The minimum absolute atomic E-state index is 0.0922. The number of benzene rings is 1. The molecule has 1 aromatic carbocycles. The fourth-order valence-electron chi connectivity index (χ4n) is 1.68. The number of aliphatic carboxylic acids is 1. The fraction of sp³-hybridized carbons (Fsp3) is 0.167. The molecule has 0 aliphatic rings. The molecule has 18 heavy (non-hydrogen) atoms. The monoisotopic (exact) mass is 245 g/mol. The lowest BCUT2D eigenvalue weighted by Crippen LogP contribution is -2.35. The first kappa shape index (κ1) is 12.0. The molecular weight excluding hydrogens is 236 g/mol. The van der Waals surface area contributed by atoms with E-state index in [0.717, 1.165) is 0 Å². The summed E-state index contributed by atoms with van der Waals surface area (Å²) in [5.74, 6) is -2.97. The average Bonchev–Trinajstić information content (AvgIpc) is 2.35. The Kier molecular flexibility index (Phi) is 2.93. The maximum Gasteiger partial charge on any atom is 0.272 e. The lowest BCUT2D eigenvalue weighted by atomic mass is 10.2. The molecule has 0 spiro atoms. The number of Topliss-reactive ketones (excluding diaryl/α,β-unsaturated/α-hetero) is 1. The first-order valence-electron chi connectivity index (χ1n) is 5.19. The van der Waals surface area contributed by atoms with Gasteiger partial charge in [0, 0.05) is 7.05 Å². The maximum atomic E-state index is 11.9. The first-order valence-corrected chi connectivity index (χ1v) is 5.19. The molecule has 2 rings (SSSR count). The molecule has 0 fully saturated rings. The predicted octanol–water partition coefficient (Wildman–Crippen LogP) is -1.20. The SMILES string of the molecule is Cn1c(=O)c(CC(=O)C(=O)[O-])nc2ccccc21. The van der Waals surface area contributed by atoms with Crippen LogP contribution in [0.2, 0.25) is 0 Å². The maximum absolute atomic E-state index is 11.9. The van der Waals surface area contributed by atoms with Gasteiger partial charge in [-0.15, -0.1) is 0 Å². The van der Waals surface area contributed by atoms with E-state index < -0.39 is 23.7 Å². The van der Waals surface area contributed by atoms with Crippen LogP contribution in [0.3, 0.4) is 0 Å². The zero-order valence-electron chi connectivity index (χ0n) is 9.54. The van der Waals surface area contributed by atoms with Crippen molar-refractivity contribution < 1.29 is 14.7 Å². The normalized spacial score (nSPS) is 10.5. The Labute approximate surface area is 102 Å². The van der Waals surface area contributed by atoms with E-state index in [1.165, 1.54) is 4.57 Å². The second-order valence-electron chi connectivity index (χ2n) is 3.80. The number of carboxylic acids is 1. The van der Waals surface area contributed by atoms with Crippen molar-refractivity contribution in [3.63, 3.8) is 0 Å². The van der Waals surface area contributed by atoms with E-state index in [-0.39, 0.29) is 5.69 Å². The number of nitrogens with zero attached hydrogens (tertiary/aromatic N) is 2. The molecular formula is C12H9N2O4-. The van der Waals surface area contributed by atoms with Crippen molar-refractivity contribution in [2.75, 3.05) is 0 Å². The highest BCUT2D eigenvalue weighted by Crippen LogP contribution is 2.08. The number of para-hydroxylation sites is 2. The minimum atomic E-state index is -1.81. The van der Waals surface area contributed by atoms with E-state index in [0.29, 0.717) is 11.0 Å². The molecule has 0 saturated heterocycles. The van der Waals surface area contributed by atoms with E-state index in [2.05, 4.69) is 4.98 Å². The number of ketones is 1. The van der Waals surface area contributed by atoms with Gasteiger partial charge in [0.2, 0.25) is 0 Å². The number of fused-ring (bicyclic) bond motifs is 1. The van der Waals surface area contributed by atoms with Crippen LogP contribution in [-0.4, -0.2) is 21.3 Å². The summed E-state index contributed by atoms with van der Waals surface area (Å²) in [7, 11) is 1.54. The Hall–Kier alpha value is -2.50. The van der Waals surface area contributed by atoms with Gasteiger partial charge in [-0.25, -0.2) is 4.98 Å². The highest BCUT2D eigenvalue weighted by Gasteiger charge is 2.12. The van der Waals surface area contributed by atoms with Crippen LogP contribution in [0.5, 0.6) is 0 Å². The summed E-state index contributed by atoms with van der Waals surface area (Å²) in [6.07, 6.45) is -0.556. The van der Waals surface area contributed by atoms with Crippen LogP contribution in [0.1, 0.15) is 5.69 Å². The Balaban J connectivity index is 2.59. The van der Waals surface area contributed by atoms with Crippen LogP contribution in [0.15, 0.2) is 29.1 Å². The second-order valence-corrected chi connectivity index (χ2v) is 3.80. The van der Waals surface area contributed by atoms with E-state index >= 15 is 0 Å². The molecule has 1 aromatic heterocycles. The van der Waals surface area contributed by atoms with Crippen molar-refractivity contribution in [3.05, 3.63) is 40.3 Å². The van der Waals surface area contributed by atoms with Crippen LogP contribution < -0.4 is 10.7 Å². The summed E-state index contributed by atoms with van der Waals surface area (Å²) in [5.41, 5.74) is 0.571.